The summed E-state index contributed by atoms with van der Waals surface area (Å²) >= 11 is 0. The fraction of sp³-hybridized carbons (Fsp3) is 0.643. The third-order valence-electron chi connectivity index (χ3n) is 3.92. The highest BCUT2D eigenvalue weighted by Crippen LogP contribution is 2.27. The minimum Gasteiger partial charge on any atom is -0.390 e. The van der Waals surface area contributed by atoms with Crippen LogP contribution in [0.4, 0.5) is 0 Å². The molecule has 5 nitrogen and oxygen atoms in total. The summed E-state index contributed by atoms with van der Waals surface area (Å²) in [5, 5.41) is 10.1. The highest BCUT2D eigenvalue weighted by molar-refractivity contribution is 5.92. The normalized spacial score (nSPS) is 27.4. The van der Waals surface area contributed by atoms with Gasteiger partial charge in [-0.3, -0.25) is 4.79 Å². The number of aliphatic hydroxyl groups is 1. The number of aromatic nitrogens is 2. The molecule has 5 heteroatoms. The van der Waals surface area contributed by atoms with Crippen molar-refractivity contribution in [2.45, 2.75) is 39.7 Å². The van der Waals surface area contributed by atoms with Gasteiger partial charge in [-0.15, -0.1) is 0 Å². The van der Waals surface area contributed by atoms with E-state index < -0.39 is 5.60 Å². The Morgan fingerprint density at radius 2 is 2.16 bits per heavy atom. The van der Waals surface area contributed by atoms with Crippen LogP contribution in [0.5, 0.6) is 0 Å². The monoisotopic (exact) mass is 263 g/mol. The van der Waals surface area contributed by atoms with Crippen LogP contribution in [0.1, 0.15) is 42.3 Å². The lowest BCUT2D eigenvalue weighted by Gasteiger charge is -2.41. The van der Waals surface area contributed by atoms with Crippen molar-refractivity contribution >= 4 is 5.91 Å². The van der Waals surface area contributed by atoms with Crippen LogP contribution in [0.3, 0.4) is 0 Å². The molecule has 1 aromatic rings. The Kier molecular flexibility index (Phi) is 3.58. The molecule has 1 aliphatic heterocycles. The summed E-state index contributed by atoms with van der Waals surface area (Å²) in [6, 6.07) is 1.72. The second kappa shape index (κ2) is 4.89. The molecule has 1 aliphatic rings. The number of amides is 1. The van der Waals surface area contributed by atoms with Crippen molar-refractivity contribution in [1.82, 2.24) is 14.9 Å². The molecule has 1 N–H and O–H groups in total. The molecule has 19 heavy (non-hydrogen) atoms. The van der Waals surface area contributed by atoms with E-state index in [9.17, 15) is 9.90 Å². The zero-order chi connectivity index (χ0) is 14.2. The number of likely N-dealkylation sites (tertiary alicyclic amines) is 1. The van der Waals surface area contributed by atoms with Crippen LogP contribution in [0.25, 0.3) is 0 Å². The molecule has 2 unspecified atom stereocenters. The molecule has 1 aromatic heterocycles. The van der Waals surface area contributed by atoms with Gasteiger partial charge in [0, 0.05) is 24.7 Å². The Hall–Kier alpha value is -1.49. The van der Waals surface area contributed by atoms with Gasteiger partial charge >= 0.3 is 0 Å². The van der Waals surface area contributed by atoms with Crippen molar-refractivity contribution in [3.05, 3.63) is 23.3 Å². The van der Waals surface area contributed by atoms with E-state index in [2.05, 4.69) is 9.97 Å². The van der Waals surface area contributed by atoms with Gasteiger partial charge in [0.1, 0.15) is 11.5 Å². The largest absolute Gasteiger partial charge is 0.390 e. The van der Waals surface area contributed by atoms with E-state index in [1.807, 2.05) is 20.8 Å². The highest BCUT2D eigenvalue weighted by Gasteiger charge is 2.36. The number of carbonyl (C=O) groups is 1. The van der Waals surface area contributed by atoms with E-state index in [4.69, 9.17) is 0 Å². The molecular formula is C14H21N3O2. The maximum Gasteiger partial charge on any atom is 0.272 e. The van der Waals surface area contributed by atoms with Gasteiger partial charge in [-0.1, -0.05) is 6.92 Å². The van der Waals surface area contributed by atoms with Crippen LogP contribution < -0.4 is 0 Å². The predicted molar refractivity (Wildman–Crippen MR) is 71.8 cm³/mol. The molecule has 0 spiro atoms. The first-order chi connectivity index (χ1) is 8.79. The molecule has 2 atom stereocenters. The van der Waals surface area contributed by atoms with Crippen LogP contribution in [0.15, 0.2) is 6.07 Å². The van der Waals surface area contributed by atoms with Crippen LogP contribution in [0.2, 0.25) is 0 Å². The summed E-state index contributed by atoms with van der Waals surface area (Å²) in [6.07, 6.45) is 0.600. The number of piperidine rings is 1. The third kappa shape index (κ3) is 2.92. The van der Waals surface area contributed by atoms with Gasteiger partial charge in [-0.2, -0.15) is 0 Å². The van der Waals surface area contributed by atoms with Gasteiger partial charge in [0.05, 0.1) is 5.60 Å². The number of hydrogen-bond acceptors (Lipinski definition) is 4. The van der Waals surface area contributed by atoms with Gasteiger partial charge in [0.25, 0.3) is 5.91 Å². The van der Waals surface area contributed by atoms with E-state index >= 15 is 0 Å². The molecule has 104 valence electrons. The summed E-state index contributed by atoms with van der Waals surface area (Å²) in [6.45, 7) is 8.57. The fourth-order valence-electron chi connectivity index (χ4n) is 2.40. The van der Waals surface area contributed by atoms with E-state index in [0.29, 0.717) is 31.0 Å². The zero-order valence-electron chi connectivity index (χ0n) is 12.0. The summed E-state index contributed by atoms with van der Waals surface area (Å²) in [5.74, 6) is 0.602. The molecule has 2 rings (SSSR count). The SMILES string of the molecule is Cc1cc(C(=O)N2CCC(C)(O)C(C)C2)nc(C)n1. The number of hydrogen-bond donors (Lipinski definition) is 1. The zero-order valence-corrected chi connectivity index (χ0v) is 12.0. The summed E-state index contributed by atoms with van der Waals surface area (Å²) in [5.41, 5.74) is 0.556. The summed E-state index contributed by atoms with van der Waals surface area (Å²) < 4.78 is 0. The Morgan fingerprint density at radius 1 is 1.47 bits per heavy atom. The van der Waals surface area contributed by atoms with Crippen molar-refractivity contribution in [2.24, 2.45) is 5.92 Å². The lowest BCUT2D eigenvalue weighted by Crippen LogP contribution is -2.51. The Balaban J connectivity index is 2.17. The van der Waals surface area contributed by atoms with Gasteiger partial charge in [0.15, 0.2) is 0 Å². The first-order valence-corrected chi connectivity index (χ1v) is 6.63. The van der Waals surface area contributed by atoms with Crippen molar-refractivity contribution in [2.75, 3.05) is 13.1 Å². The maximum absolute atomic E-state index is 12.4. The number of aryl methyl sites for hydroxylation is 2. The van der Waals surface area contributed by atoms with Gasteiger partial charge in [-0.25, -0.2) is 9.97 Å². The lowest BCUT2D eigenvalue weighted by atomic mass is 9.84. The second-order valence-corrected chi connectivity index (χ2v) is 5.70. The molecule has 0 aromatic carbocycles. The Labute approximate surface area is 113 Å². The van der Waals surface area contributed by atoms with Crippen molar-refractivity contribution in [3.63, 3.8) is 0 Å². The minimum absolute atomic E-state index is 0.0641. The molecular weight excluding hydrogens is 242 g/mol. The van der Waals surface area contributed by atoms with Crippen LogP contribution in [-0.4, -0.2) is 44.6 Å². The topological polar surface area (TPSA) is 66.3 Å². The number of carbonyl (C=O) groups excluding carboxylic acids is 1. The van der Waals surface area contributed by atoms with Gasteiger partial charge in [-0.05, 0) is 33.3 Å². The predicted octanol–water partition coefficient (Wildman–Crippen LogP) is 1.33. The quantitative estimate of drug-likeness (QED) is 0.830. The first-order valence-electron chi connectivity index (χ1n) is 6.63. The standard InChI is InChI=1S/C14H21N3O2/c1-9-8-17(6-5-14(9,4)19)13(18)12-7-10(2)15-11(3)16-12/h7,9,19H,5-6,8H2,1-4H3. The van der Waals surface area contributed by atoms with E-state index in [-0.39, 0.29) is 11.8 Å². The molecule has 1 amide bonds. The molecule has 2 heterocycles. The average molecular weight is 263 g/mol. The third-order valence-corrected chi connectivity index (χ3v) is 3.92. The van der Waals surface area contributed by atoms with Crippen molar-refractivity contribution in [3.8, 4) is 0 Å². The van der Waals surface area contributed by atoms with Crippen LogP contribution in [0, 0.1) is 19.8 Å². The van der Waals surface area contributed by atoms with E-state index in [1.165, 1.54) is 0 Å². The van der Waals surface area contributed by atoms with Crippen molar-refractivity contribution in [1.29, 1.82) is 0 Å². The number of rotatable bonds is 1. The van der Waals surface area contributed by atoms with Crippen LogP contribution >= 0.6 is 0 Å². The molecule has 1 saturated heterocycles. The van der Waals surface area contributed by atoms with E-state index in [1.54, 1.807) is 17.9 Å². The average Bonchev–Trinajstić information content (AvgIpc) is 2.30. The molecule has 0 aliphatic carbocycles. The number of nitrogens with zero attached hydrogens (tertiary/aromatic N) is 3. The summed E-state index contributed by atoms with van der Waals surface area (Å²) in [4.78, 5) is 22.6. The fourth-order valence-corrected chi connectivity index (χ4v) is 2.40. The van der Waals surface area contributed by atoms with Crippen molar-refractivity contribution < 1.29 is 9.90 Å². The van der Waals surface area contributed by atoms with Gasteiger partial charge in [0.2, 0.25) is 0 Å². The Morgan fingerprint density at radius 3 is 2.74 bits per heavy atom. The molecule has 0 bridgehead atoms. The summed E-state index contributed by atoms with van der Waals surface area (Å²) in [7, 11) is 0. The molecule has 1 fully saturated rings. The van der Waals surface area contributed by atoms with E-state index in [0.717, 1.165) is 5.69 Å². The first kappa shape index (κ1) is 13.9. The smallest absolute Gasteiger partial charge is 0.272 e. The van der Waals surface area contributed by atoms with Gasteiger partial charge < -0.3 is 10.0 Å². The molecule has 0 saturated carbocycles. The molecule has 0 radical (unpaired) electrons. The maximum atomic E-state index is 12.4. The lowest BCUT2D eigenvalue weighted by molar-refractivity contribution is -0.0440. The Bertz CT molecular complexity index is 479. The highest BCUT2D eigenvalue weighted by atomic mass is 16.3. The second-order valence-electron chi connectivity index (χ2n) is 5.70. The minimum atomic E-state index is -0.686. The van der Waals surface area contributed by atoms with Crippen LogP contribution in [-0.2, 0) is 0 Å².